The number of benzene rings is 1. The van der Waals surface area contributed by atoms with Crippen molar-refractivity contribution in [3.8, 4) is 5.75 Å². The Morgan fingerprint density at radius 3 is 2.92 bits per heavy atom. The zero-order chi connectivity index (χ0) is 17.5. The second-order valence-electron chi connectivity index (χ2n) is 5.89. The zero-order valence-electron chi connectivity index (χ0n) is 14.2. The van der Waals surface area contributed by atoms with Gasteiger partial charge in [0.15, 0.2) is 6.10 Å². The molecule has 7 nitrogen and oxygen atoms in total. The summed E-state index contributed by atoms with van der Waals surface area (Å²) in [7, 11) is 3.36. The average molecular weight is 335 g/mol. The van der Waals surface area contributed by atoms with Crippen LogP contribution in [0.1, 0.15) is 5.56 Å². The van der Waals surface area contributed by atoms with Gasteiger partial charge in [-0.05, 0) is 17.7 Å². The van der Waals surface area contributed by atoms with E-state index in [9.17, 15) is 9.59 Å². The predicted octanol–water partition coefficient (Wildman–Crippen LogP) is -0.118. The lowest BCUT2D eigenvalue weighted by molar-refractivity contribution is -0.152. The molecule has 2 amide bonds. The maximum atomic E-state index is 12.5. The molecule has 1 fully saturated rings. The molecule has 24 heavy (non-hydrogen) atoms. The van der Waals surface area contributed by atoms with Crippen molar-refractivity contribution in [1.29, 1.82) is 0 Å². The first-order chi connectivity index (χ1) is 11.5. The molecule has 0 unspecified atom stereocenters. The molecule has 0 bridgehead atoms. The van der Waals surface area contributed by atoms with E-state index in [-0.39, 0.29) is 18.2 Å². The van der Waals surface area contributed by atoms with Gasteiger partial charge in [0, 0.05) is 27.2 Å². The van der Waals surface area contributed by atoms with Gasteiger partial charge in [-0.2, -0.15) is 0 Å². The minimum atomic E-state index is -0.586. The minimum absolute atomic E-state index is 0.0224. The second-order valence-corrected chi connectivity index (χ2v) is 5.89. The molecule has 2 rings (SSSR count). The maximum absolute atomic E-state index is 12.5. The molecule has 132 valence electrons. The van der Waals surface area contributed by atoms with Crippen LogP contribution in [-0.4, -0.2) is 74.7 Å². The summed E-state index contributed by atoms with van der Waals surface area (Å²) >= 11 is 0. The molecule has 1 aromatic carbocycles. The van der Waals surface area contributed by atoms with Gasteiger partial charge in [0.25, 0.3) is 5.91 Å². The number of hydrogen-bond acceptors (Lipinski definition) is 5. The molecule has 1 aromatic rings. The monoisotopic (exact) mass is 335 g/mol. The van der Waals surface area contributed by atoms with E-state index in [0.717, 1.165) is 5.56 Å². The maximum Gasteiger partial charge on any atom is 0.253 e. The van der Waals surface area contributed by atoms with Crippen LogP contribution in [0.2, 0.25) is 0 Å². The molecule has 1 aliphatic rings. The van der Waals surface area contributed by atoms with Crippen molar-refractivity contribution in [1.82, 2.24) is 9.80 Å². The van der Waals surface area contributed by atoms with E-state index < -0.39 is 6.10 Å². The fourth-order valence-electron chi connectivity index (χ4n) is 2.52. The number of carbonyl (C=O) groups excluding carboxylic acids is 2. The third kappa shape index (κ3) is 4.94. The molecule has 0 aromatic heterocycles. The van der Waals surface area contributed by atoms with Gasteiger partial charge in [0.05, 0.1) is 19.6 Å². The highest BCUT2D eigenvalue weighted by atomic mass is 16.5. The average Bonchev–Trinajstić information content (AvgIpc) is 2.59. The van der Waals surface area contributed by atoms with Gasteiger partial charge >= 0.3 is 0 Å². The summed E-state index contributed by atoms with van der Waals surface area (Å²) in [6.07, 6.45) is -0.320. The Kier molecular flexibility index (Phi) is 6.57. The smallest absolute Gasteiger partial charge is 0.253 e. The van der Waals surface area contributed by atoms with Crippen molar-refractivity contribution in [3.63, 3.8) is 0 Å². The molecule has 0 saturated carbocycles. The first-order valence-electron chi connectivity index (χ1n) is 8.03. The predicted molar refractivity (Wildman–Crippen MR) is 89.7 cm³/mol. The normalized spacial score (nSPS) is 17.5. The Balaban J connectivity index is 1.95. The molecular weight excluding hydrogens is 310 g/mol. The Bertz CT molecular complexity index is 577. The van der Waals surface area contributed by atoms with Gasteiger partial charge in [0.2, 0.25) is 5.91 Å². The third-order valence-corrected chi connectivity index (χ3v) is 3.78. The van der Waals surface area contributed by atoms with E-state index in [1.54, 1.807) is 19.0 Å². The lowest BCUT2D eigenvalue weighted by atomic mass is 10.1. The number of ether oxygens (including phenoxy) is 2. The third-order valence-electron chi connectivity index (χ3n) is 3.78. The molecular formula is C17H25N3O4. The number of nitrogens with two attached hydrogens (primary N) is 1. The lowest BCUT2D eigenvalue weighted by Gasteiger charge is -2.33. The van der Waals surface area contributed by atoms with Crippen LogP contribution in [0.5, 0.6) is 5.75 Å². The summed E-state index contributed by atoms with van der Waals surface area (Å²) in [5.74, 6) is 0.559. The minimum Gasteiger partial charge on any atom is -0.492 e. The first kappa shape index (κ1) is 18.2. The van der Waals surface area contributed by atoms with Gasteiger partial charge < -0.3 is 25.0 Å². The molecule has 0 spiro atoms. The van der Waals surface area contributed by atoms with Crippen molar-refractivity contribution in [2.45, 2.75) is 12.5 Å². The van der Waals surface area contributed by atoms with Crippen LogP contribution in [0, 0.1) is 0 Å². The fraction of sp³-hybridized carbons (Fsp3) is 0.529. The van der Waals surface area contributed by atoms with E-state index in [0.29, 0.717) is 38.6 Å². The molecule has 0 radical (unpaired) electrons. The highest BCUT2D eigenvalue weighted by Gasteiger charge is 2.30. The van der Waals surface area contributed by atoms with Gasteiger partial charge in [-0.25, -0.2) is 0 Å². The molecule has 1 aliphatic heterocycles. The van der Waals surface area contributed by atoms with E-state index in [1.807, 2.05) is 24.3 Å². The van der Waals surface area contributed by atoms with Crippen molar-refractivity contribution < 1.29 is 19.1 Å². The number of nitrogens with zero attached hydrogens (tertiary/aromatic N) is 2. The number of carbonyl (C=O) groups is 2. The molecule has 1 atom stereocenters. The number of amides is 2. The Labute approximate surface area is 142 Å². The van der Waals surface area contributed by atoms with Gasteiger partial charge in [-0.1, -0.05) is 12.1 Å². The van der Waals surface area contributed by atoms with E-state index in [1.165, 1.54) is 4.90 Å². The molecule has 1 saturated heterocycles. The standard InChI is InChI=1S/C17H25N3O4/c1-19(2)17(22)15-12-20(7-9-24-15)16(21)11-13-4-3-5-14(10-13)23-8-6-18/h3-5,10,15H,6-9,11-12,18H2,1-2H3/t15-/m0/s1. The van der Waals surface area contributed by atoms with Crippen LogP contribution >= 0.6 is 0 Å². The van der Waals surface area contributed by atoms with Crippen LogP contribution in [0.15, 0.2) is 24.3 Å². The van der Waals surface area contributed by atoms with E-state index in [2.05, 4.69) is 0 Å². The Morgan fingerprint density at radius 1 is 1.42 bits per heavy atom. The van der Waals surface area contributed by atoms with Crippen LogP contribution in [0.25, 0.3) is 0 Å². The van der Waals surface area contributed by atoms with Gasteiger partial charge in [-0.3, -0.25) is 9.59 Å². The highest BCUT2D eigenvalue weighted by Crippen LogP contribution is 2.15. The highest BCUT2D eigenvalue weighted by molar-refractivity contribution is 5.83. The Morgan fingerprint density at radius 2 is 2.21 bits per heavy atom. The van der Waals surface area contributed by atoms with Crippen molar-refractivity contribution in [3.05, 3.63) is 29.8 Å². The molecule has 0 aliphatic carbocycles. The Hall–Kier alpha value is -2.12. The van der Waals surface area contributed by atoms with Crippen molar-refractivity contribution in [2.75, 3.05) is 46.9 Å². The van der Waals surface area contributed by atoms with Crippen LogP contribution in [0.4, 0.5) is 0 Å². The topological polar surface area (TPSA) is 85.1 Å². The first-order valence-corrected chi connectivity index (χ1v) is 8.03. The van der Waals surface area contributed by atoms with Crippen LogP contribution in [0.3, 0.4) is 0 Å². The number of rotatable bonds is 6. The van der Waals surface area contributed by atoms with Crippen LogP contribution in [-0.2, 0) is 20.7 Å². The lowest BCUT2D eigenvalue weighted by Crippen LogP contribution is -2.51. The van der Waals surface area contributed by atoms with E-state index >= 15 is 0 Å². The number of hydrogen-bond donors (Lipinski definition) is 1. The quantitative estimate of drug-likeness (QED) is 0.784. The summed E-state index contributed by atoms with van der Waals surface area (Å²) < 4.78 is 11.0. The number of likely N-dealkylation sites (N-methyl/N-ethyl adjacent to an activating group) is 1. The second kappa shape index (κ2) is 8.65. The molecule has 1 heterocycles. The van der Waals surface area contributed by atoms with Gasteiger partial charge in [0.1, 0.15) is 12.4 Å². The zero-order valence-corrected chi connectivity index (χ0v) is 14.2. The fourth-order valence-corrected chi connectivity index (χ4v) is 2.52. The summed E-state index contributed by atoms with van der Waals surface area (Å²) in [6, 6.07) is 7.42. The van der Waals surface area contributed by atoms with Gasteiger partial charge in [-0.15, -0.1) is 0 Å². The summed E-state index contributed by atoms with van der Waals surface area (Å²) in [6.45, 7) is 2.04. The summed E-state index contributed by atoms with van der Waals surface area (Å²) in [5, 5.41) is 0. The van der Waals surface area contributed by atoms with Crippen molar-refractivity contribution >= 4 is 11.8 Å². The number of morpholine rings is 1. The summed E-state index contributed by atoms with van der Waals surface area (Å²) in [5.41, 5.74) is 6.29. The van der Waals surface area contributed by atoms with Crippen LogP contribution < -0.4 is 10.5 Å². The van der Waals surface area contributed by atoms with E-state index in [4.69, 9.17) is 15.2 Å². The SMILES string of the molecule is CN(C)C(=O)[C@@H]1CN(C(=O)Cc2cccc(OCCN)c2)CCO1. The molecule has 2 N–H and O–H groups in total. The largest absolute Gasteiger partial charge is 0.492 e. The van der Waals surface area contributed by atoms with Crippen molar-refractivity contribution in [2.24, 2.45) is 5.73 Å². The summed E-state index contributed by atoms with van der Waals surface area (Å²) in [4.78, 5) is 27.7. The molecule has 7 heteroatoms.